The third kappa shape index (κ3) is 4.63. The van der Waals surface area contributed by atoms with Gasteiger partial charge in [-0.3, -0.25) is 0 Å². The number of aryl methyl sites for hydroxylation is 2. The van der Waals surface area contributed by atoms with Crippen LogP contribution in [0.5, 0.6) is 5.75 Å². The number of benzene rings is 1. The van der Waals surface area contributed by atoms with Gasteiger partial charge in [-0.2, -0.15) is 11.3 Å². The highest BCUT2D eigenvalue weighted by Crippen LogP contribution is 2.13. The molecule has 1 heterocycles. The van der Waals surface area contributed by atoms with Gasteiger partial charge in [-0.05, 0) is 53.4 Å². The van der Waals surface area contributed by atoms with Crippen molar-refractivity contribution in [2.45, 2.75) is 26.5 Å². The van der Waals surface area contributed by atoms with Crippen molar-refractivity contribution in [2.24, 2.45) is 0 Å². The van der Waals surface area contributed by atoms with E-state index in [1.54, 1.807) is 11.3 Å². The zero-order valence-corrected chi connectivity index (χ0v) is 12.7. The van der Waals surface area contributed by atoms with E-state index in [1.807, 2.05) is 31.2 Å². The number of hydrogen-bond donors (Lipinski definition) is 2. The fourth-order valence-electron chi connectivity index (χ4n) is 1.90. The minimum atomic E-state index is -0.505. The quantitative estimate of drug-likeness (QED) is 0.824. The molecule has 2 aromatic rings. The maximum atomic E-state index is 9.89. The number of ether oxygens (including phenoxy) is 1. The van der Waals surface area contributed by atoms with E-state index >= 15 is 0 Å². The van der Waals surface area contributed by atoms with Crippen LogP contribution in [0, 0.1) is 13.8 Å². The molecule has 0 amide bonds. The van der Waals surface area contributed by atoms with Gasteiger partial charge in [0.15, 0.2) is 0 Å². The standard InChI is InChI=1S/C16H21NO2S/c1-12-4-3-5-16(6-12)19-9-15(18)8-17-7-14-11-20-10-13(14)2/h3-6,10-11,15,17-18H,7-9H2,1-2H3. The molecule has 2 N–H and O–H groups in total. The second-order valence-electron chi connectivity index (χ2n) is 4.99. The fraction of sp³-hybridized carbons (Fsp3) is 0.375. The van der Waals surface area contributed by atoms with Gasteiger partial charge in [-0.15, -0.1) is 0 Å². The van der Waals surface area contributed by atoms with E-state index in [0.717, 1.165) is 17.9 Å². The van der Waals surface area contributed by atoms with Gasteiger partial charge in [0.1, 0.15) is 18.5 Å². The Bertz CT molecular complexity index is 539. The molecule has 2 rings (SSSR count). The molecular weight excluding hydrogens is 270 g/mol. The Balaban J connectivity index is 1.68. The monoisotopic (exact) mass is 291 g/mol. The van der Waals surface area contributed by atoms with Gasteiger partial charge >= 0.3 is 0 Å². The lowest BCUT2D eigenvalue weighted by Crippen LogP contribution is -2.31. The maximum absolute atomic E-state index is 9.89. The van der Waals surface area contributed by atoms with Crippen LogP contribution in [0.1, 0.15) is 16.7 Å². The first kappa shape index (κ1) is 15.0. The normalized spacial score (nSPS) is 12.3. The summed E-state index contributed by atoms with van der Waals surface area (Å²) in [5.74, 6) is 0.803. The predicted molar refractivity (Wildman–Crippen MR) is 83.4 cm³/mol. The molecule has 20 heavy (non-hydrogen) atoms. The predicted octanol–water partition coefficient (Wildman–Crippen LogP) is 2.89. The molecule has 0 radical (unpaired) electrons. The minimum Gasteiger partial charge on any atom is -0.491 e. The Kier molecular flexibility index (Phi) is 5.59. The van der Waals surface area contributed by atoms with Crippen molar-refractivity contribution in [2.75, 3.05) is 13.2 Å². The van der Waals surface area contributed by atoms with Gasteiger partial charge in [-0.25, -0.2) is 0 Å². The number of rotatable bonds is 7. The number of aliphatic hydroxyl groups excluding tert-OH is 1. The van der Waals surface area contributed by atoms with Crippen molar-refractivity contribution in [1.82, 2.24) is 5.32 Å². The van der Waals surface area contributed by atoms with Crippen LogP contribution < -0.4 is 10.1 Å². The van der Waals surface area contributed by atoms with Crippen molar-refractivity contribution in [3.63, 3.8) is 0 Å². The van der Waals surface area contributed by atoms with Gasteiger partial charge < -0.3 is 15.2 Å². The Labute approximate surface area is 124 Å². The molecule has 0 aliphatic carbocycles. The summed E-state index contributed by atoms with van der Waals surface area (Å²) < 4.78 is 5.57. The minimum absolute atomic E-state index is 0.305. The van der Waals surface area contributed by atoms with Crippen molar-refractivity contribution < 1.29 is 9.84 Å². The first-order chi connectivity index (χ1) is 9.65. The molecule has 0 saturated carbocycles. The molecular formula is C16H21NO2S. The summed E-state index contributed by atoms with van der Waals surface area (Å²) in [5.41, 5.74) is 3.75. The van der Waals surface area contributed by atoms with Crippen molar-refractivity contribution >= 4 is 11.3 Å². The highest BCUT2D eigenvalue weighted by molar-refractivity contribution is 7.08. The topological polar surface area (TPSA) is 41.5 Å². The first-order valence-corrected chi connectivity index (χ1v) is 7.69. The van der Waals surface area contributed by atoms with E-state index in [-0.39, 0.29) is 0 Å². The molecule has 0 saturated heterocycles. The Morgan fingerprint density at radius 2 is 2.15 bits per heavy atom. The van der Waals surface area contributed by atoms with Crippen LogP contribution in [0.15, 0.2) is 35.0 Å². The highest BCUT2D eigenvalue weighted by atomic mass is 32.1. The largest absolute Gasteiger partial charge is 0.491 e. The molecule has 0 aliphatic rings. The number of thiophene rings is 1. The molecule has 1 aromatic carbocycles. The molecule has 1 atom stereocenters. The van der Waals surface area contributed by atoms with E-state index in [4.69, 9.17) is 4.74 Å². The zero-order valence-electron chi connectivity index (χ0n) is 11.9. The molecule has 1 unspecified atom stereocenters. The van der Waals surface area contributed by atoms with Crippen LogP contribution in [-0.4, -0.2) is 24.4 Å². The second kappa shape index (κ2) is 7.43. The van der Waals surface area contributed by atoms with E-state index in [0.29, 0.717) is 13.2 Å². The van der Waals surface area contributed by atoms with Gasteiger partial charge in [0, 0.05) is 13.1 Å². The Hall–Kier alpha value is -1.36. The molecule has 0 fully saturated rings. The van der Waals surface area contributed by atoms with E-state index < -0.39 is 6.10 Å². The molecule has 0 aliphatic heterocycles. The lowest BCUT2D eigenvalue weighted by Gasteiger charge is -2.13. The third-order valence-corrected chi connectivity index (χ3v) is 4.00. The van der Waals surface area contributed by atoms with Crippen molar-refractivity contribution in [3.05, 3.63) is 51.7 Å². The van der Waals surface area contributed by atoms with Crippen LogP contribution in [0.3, 0.4) is 0 Å². The van der Waals surface area contributed by atoms with Crippen LogP contribution in [0.4, 0.5) is 0 Å². The van der Waals surface area contributed by atoms with Crippen LogP contribution in [-0.2, 0) is 6.54 Å². The van der Waals surface area contributed by atoms with Crippen LogP contribution in [0.2, 0.25) is 0 Å². The molecule has 108 valence electrons. The third-order valence-electron chi connectivity index (χ3n) is 3.09. The average Bonchev–Trinajstić information content (AvgIpc) is 2.82. The molecule has 0 bridgehead atoms. The molecule has 3 nitrogen and oxygen atoms in total. The maximum Gasteiger partial charge on any atom is 0.119 e. The summed E-state index contributed by atoms with van der Waals surface area (Å²) in [6.45, 7) is 5.75. The highest BCUT2D eigenvalue weighted by Gasteiger charge is 2.06. The SMILES string of the molecule is Cc1cccc(OCC(O)CNCc2cscc2C)c1. The van der Waals surface area contributed by atoms with Crippen molar-refractivity contribution in [3.8, 4) is 5.75 Å². The Morgan fingerprint density at radius 1 is 1.30 bits per heavy atom. The lowest BCUT2D eigenvalue weighted by molar-refractivity contribution is 0.106. The van der Waals surface area contributed by atoms with E-state index in [1.165, 1.54) is 11.1 Å². The van der Waals surface area contributed by atoms with Crippen LogP contribution in [0.25, 0.3) is 0 Å². The van der Waals surface area contributed by atoms with Gasteiger partial charge in [0.25, 0.3) is 0 Å². The molecule has 1 aromatic heterocycles. The number of hydrogen-bond acceptors (Lipinski definition) is 4. The Morgan fingerprint density at radius 3 is 2.85 bits per heavy atom. The van der Waals surface area contributed by atoms with Gasteiger partial charge in [0.05, 0.1) is 0 Å². The number of nitrogens with one attached hydrogen (secondary N) is 1. The van der Waals surface area contributed by atoms with Gasteiger partial charge in [0.2, 0.25) is 0 Å². The number of aliphatic hydroxyl groups is 1. The van der Waals surface area contributed by atoms with Gasteiger partial charge in [-0.1, -0.05) is 12.1 Å². The zero-order chi connectivity index (χ0) is 14.4. The van der Waals surface area contributed by atoms with Crippen LogP contribution >= 0.6 is 11.3 Å². The van der Waals surface area contributed by atoms with E-state index in [9.17, 15) is 5.11 Å². The fourth-order valence-corrected chi connectivity index (χ4v) is 2.75. The smallest absolute Gasteiger partial charge is 0.119 e. The summed E-state index contributed by atoms with van der Waals surface area (Å²) in [6, 6.07) is 7.85. The summed E-state index contributed by atoms with van der Waals surface area (Å²) in [7, 11) is 0. The summed E-state index contributed by atoms with van der Waals surface area (Å²) in [5, 5.41) is 17.4. The summed E-state index contributed by atoms with van der Waals surface area (Å²) in [6.07, 6.45) is -0.505. The summed E-state index contributed by atoms with van der Waals surface area (Å²) >= 11 is 1.71. The van der Waals surface area contributed by atoms with E-state index in [2.05, 4.69) is 23.0 Å². The first-order valence-electron chi connectivity index (χ1n) is 6.75. The summed E-state index contributed by atoms with van der Waals surface area (Å²) in [4.78, 5) is 0. The van der Waals surface area contributed by atoms with Crippen molar-refractivity contribution in [1.29, 1.82) is 0 Å². The average molecular weight is 291 g/mol. The molecule has 0 spiro atoms. The second-order valence-corrected chi connectivity index (χ2v) is 5.74. The molecule has 4 heteroatoms. The lowest BCUT2D eigenvalue weighted by atomic mass is 10.2.